The smallest absolute Gasteiger partial charge is 0.408 e. The summed E-state index contributed by atoms with van der Waals surface area (Å²) < 4.78 is 8.85. The van der Waals surface area contributed by atoms with E-state index in [1.807, 2.05) is 60.7 Å². The van der Waals surface area contributed by atoms with Crippen LogP contribution in [0.2, 0.25) is 0 Å². The van der Waals surface area contributed by atoms with E-state index >= 15 is 0 Å². The van der Waals surface area contributed by atoms with Crippen LogP contribution in [0.25, 0.3) is 0 Å². The number of alkyl halides is 4. The summed E-state index contributed by atoms with van der Waals surface area (Å²) in [6.07, 6.45) is -1.70. The van der Waals surface area contributed by atoms with Gasteiger partial charge < -0.3 is 14.8 Å². The molecule has 2 aromatic carbocycles. The number of halogens is 4. The van der Waals surface area contributed by atoms with Crippen LogP contribution in [0.1, 0.15) is 31.1 Å². The zero-order valence-electron chi connectivity index (χ0n) is 18.7. The van der Waals surface area contributed by atoms with Gasteiger partial charge in [-0.3, -0.25) is 9.69 Å². The predicted octanol–water partition coefficient (Wildman–Crippen LogP) is 5.49. The normalized spacial score (nSPS) is 17.5. The fraction of sp³-hybridized carbons (Fsp3) is 0.292. The van der Waals surface area contributed by atoms with Crippen molar-refractivity contribution in [1.29, 1.82) is 0 Å². The minimum Gasteiger partial charge on any atom is -0.448 e. The van der Waals surface area contributed by atoms with Crippen LogP contribution in [0.4, 0.5) is 4.79 Å². The number of esters is 1. The maximum absolute atomic E-state index is 13.3. The molecule has 0 radical (unpaired) electrons. The highest BCUT2D eigenvalue weighted by Gasteiger charge is 2.51. The number of β-lactam (4-membered cyclic amide) rings is 1. The summed E-state index contributed by atoms with van der Waals surface area (Å²) in [6, 6.07) is 17.3. The van der Waals surface area contributed by atoms with Gasteiger partial charge in [0.1, 0.15) is 23.8 Å². The lowest BCUT2D eigenvalue weighted by molar-refractivity contribution is -0.153. The highest BCUT2D eigenvalue weighted by Crippen LogP contribution is 2.34. The number of ether oxygens (including phenoxy) is 2. The predicted molar refractivity (Wildman–Crippen MR) is 134 cm³/mol. The van der Waals surface area contributed by atoms with Crippen LogP contribution in [0, 0.1) is 0 Å². The van der Waals surface area contributed by atoms with Crippen molar-refractivity contribution in [3.05, 3.63) is 83.1 Å². The van der Waals surface area contributed by atoms with Crippen molar-refractivity contribution in [1.82, 2.24) is 10.2 Å². The molecule has 0 bridgehead atoms. The molecular formula is C24H22Cl4N2O5. The third kappa shape index (κ3) is 6.82. The summed E-state index contributed by atoms with van der Waals surface area (Å²) in [4.78, 5) is 39.2. The number of rotatable bonds is 7. The van der Waals surface area contributed by atoms with Crippen LogP contribution >= 0.6 is 46.4 Å². The highest BCUT2D eigenvalue weighted by molar-refractivity contribution is 6.67. The van der Waals surface area contributed by atoms with Crippen molar-refractivity contribution in [2.24, 2.45) is 0 Å². The van der Waals surface area contributed by atoms with Crippen LogP contribution in [-0.4, -0.2) is 44.8 Å². The maximum atomic E-state index is 13.3. The Balaban J connectivity index is 1.76. The second-order valence-corrected chi connectivity index (χ2v) is 10.8. The van der Waals surface area contributed by atoms with Gasteiger partial charge in [-0.25, -0.2) is 9.59 Å². The molecule has 186 valence electrons. The number of amides is 2. The van der Waals surface area contributed by atoms with Crippen LogP contribution < -0.4 is 5.32 Å². The summed E-state index contributed by atoms with van der Waals surface area (Å²) in [5.41, 5.74) is 0.945. The Hall–Kier alpha value is -2.45. The molecule has 2 atom stereocenters. The number of nitrogens with one attached hydrogen (secondary N) is 1. The van der Waals surface area contributed by atoms with E-state index in [4.69, 9.17) is 55.9 Å². The average molecular weight is 560 g/mol. The molecule has 11 heteroatoms. The summed E-state index contributed by atoms with van der Waals surface area (Å²) in [5, 5.41) is 2.31. The molecule has 1 saturated heterocycles. The van der Waals surface area contributed by atoms with E-state index < -0.39 is 46.0 Å². The molecule has 0 saturated carbocycles. The van der Waals surface area contributed by atoms with Crippen LogP contribution in [0.3, 0.4) is 0 Å². The lowest BCUT2D eigenvalue weighted by atomic mass is 10.0. The molecule has 2 aromatic rings. The fourth-order valence-electron chi connectivity index (χ4n) is 3.43. The number of carbonyl (C=O) groups excluding carboxylic acids is 3. The van der Waals surface area contributed by atoms with Gasteiger partial charge >= 0.3 is 12.1 Å². The molecule has 1 unspecified atom stereocenters. The van der Waals surface area contributed by atoms with E-state index in [0.717, 1.165) is 16.0 Å². The van der Waals surface area contributed by atoms with Crippen molar-refractivity contribution in [2.75, 3.05) is 6.61 Å². The highest BCUT2D eigenvalue weighted by atomic mass is 35.6. The molecule has 1 aliphatic rings. The van der Waals surface area contributed by atoms with Gasteiger partial charge in [0.05, 0.1) is 0 Å². The molecule has 0 aromatic heterocycles. The van der Waals surface area contributed by atoms with Crippen LogP contribution in [-0.2, 0) is 19.1 Å². The van der Waals surface area contributed by atoms with E-state index in [-0.39, 0.29) is 5.70 Å². The first kappa shape index (κ1) is 27.1. The van der Waals surface area contributed by atoms with E-state index in [9.17, 15) is 14.4 Å². The molecule has 1 heterocycles. The number of hydrogen-bond acceptors (Lipinski definition) is 5. The lowest BCUT2D eigenvalue weighted by Gasteiger charge is -2.44. The molecule has 1 N–H and O–H groups in total. The fourth-order valence-corrected chi connectivity index (χ4v) is 3.95. The number of alkyl carbamates (subject to hydrolysis) is 1. The minimum absolute atomic E-state index is 0.0143. The topological polar surface area (TPSA) is 84.9 Å². The molecule has 0 aliphatic carbocycles. The number of allylic oxidation sites excluding steroid dienone is 1. The monoisotopic (exact) mass is 558 g/mol. The van der Waals surface area contributed by atoms with Gasteiger partial charge in [0.2, 0.25) is 3.79 Å². The SMILES string of the molecule is CC(C)=C(C(=O)OC(c1ccccc1)c1ccccc1)N1C(=O)[C@H](NC(=O)OCC(Cl)(Cl)Cl)C1Cl. The molecule has 1 fully saturated rings. The van der Waals surface area contributed by atoms with Crippen molar-refractivity contribution in [2.45, 2.75) is 35.3 Å². The van der Waals surface area contributed by atoms with Gasteiger partial charge in [0.15, 0.2) is 6.10 Å². The second kappa shape index (κ2) is 11.5. The lowest BCUT2D eigenvalue weighted by Crippen LogP contribution is -2.68. The number of carbonyl (C=O) groups is 3. The second-order valence-electron chi connectivity index (χ2n) is 7.85. The number of benzene rings is 2. The van der Waals surface area contributed by atoms with Crippen LogP contribution in [0.5, 0.6) is 0 Å². The zero-order valence-corrected chi connectivity index (χ0v) is 21.7. The Bertz CT molecular complexity index is 1060. The van der Waals surface area contributed by atoms with Gasteiger partial charge in [-0.15, -0.1) is 0 Å². The Morgan fingerprint density at radius 2 is 1.51 bits per heavy atom. The van der Waals surface area contributed by atoms with Crippen molar-refractivity contribution in [3.8, 4) is 0 Å². The van der Waals surface area contributed by atoms with Gasteiger partial charge in [0, 0.05) is 0 Å². The summed E-state index contributed by atoms with van der Waals surface area (Å²) in [5.74, 6) is -1.35. The molecule has 2 amide bonds. The largest absolute Gasteiger partial charge is 0.448 e. The third-order valence-corrected chi connectivity index (χ3v) is 5.78. The maximum Gasteiger partial charge on any atom is 0.408 e. The first-order valence-corrected chi connectivity index (χ1v) is 12.0. The Labute approximate surface area is 222 Å². The molecule has 0 spiro atoms. The Kier molecular flexibility index (Phi) is 8.94. The van der Waals surface area contributed by atoms with E-state index in [1.165, 1.54) is 0 Å². The molecule has 35 heavy (non-hydrogen) atoms. The number of hydrogen-bond donors (Lipinski definition) is 1. The Morgan fingerprint density at radius 1 is 1.00 bits per heavy atom. The van der Waals surface area contributed by atoms with E-state index in [1.54, 1.807) is 13.8 Å². The number of likely N-dealkylation sites (tertiary alicyclic amines) is 1. The summed E-state index contributed by atoms with van der Waals surface area (Å²) in [7, 11) is 0. The van der Waals surface area contributed by atoms with Crippen molar-refractivity contribution in [3.63, 3.8) is 0 Å². The third-order valence-electron chi connectivity index (χ3n) is 5.00. The molecular weight excluding hydrogens is 538 g/mol. The number of nitrogens with zero attached hydrogens (tertiary/aromatic N) is 1. The first-order chi connectivity index (χ1) is 16.5. The van der Waals surface area contributed by atoms with Gasteiger partial charge in [0.25, 0.3) is 5.91 Å². The van der Waals surface area contributed by atoms with Gasteiger partial charge in [-0.05, 0) is 30.5 Å². The first-order valence-electron chi connectivity index (χ1n) is 10.4. The quantitative estimate of drug-likeness (QED) is 0.159. The van der Waals surface area contributed by atoms with Crippen molar-refractivity contribution >= 4 is 64.4 Å². The van der Waals surface area contributed by atoms with E-state index in [2.05, 4.69) is 5.32 Å². The summed E-state index contributed by atoms with van der Waals surface area (Å²) in [6.45, 7) is 2.79. The molecule has 1 aliphatic heterocycles. The van der Waals surface area contributed by atoms with Crippen molar-refractivity contribution < 1.29 is 23.9 Å². The van der Waals surface area contributed by atoms with Crippen LogP contribution in [0.15, 0.2) is 71.9 Å². The molecule has 3 rings (SSSR count). The van der Waals surface area contributed by atoms with E-state index in [0.29, 0.717) is 5.57 Å². The minimum atomic E-state index is -1.81. The Morgan fingerprint density at radius 3 is 1.94 bits per heavy atom. The van der Waals surface area contributed by atoms with Gasteiger partial charge in [-0.2, -0.15) is 0 Å². The summed E-state index contributed by atoms with van der Waals surface area (Å²) >= 11 is 23.0. The zero-order chi connectivity index (χ0) is 25.8. The molecule has 7 nitrogen and oxygen atoms in total. The average Bonchev–Trinajstić information content (AvgIpc) is 2.83. The standard InChI is InChI=1S/C24H22Cl4N2O5/c1-14(2)18(30-20(25)17(21(30)31)29-23(33)34-13-24(26,27)28)22(32)35-19(15-9-5-3-6-10-15)16-11-7-4-8-12-16/h3-12,17,19-20H,13H2,1-2H3,(H,29,33)/t17-,20?/m1/s1. The van der Waals surface area contributed by atoms with Gasteiger partial charge in [-0.1, -0.05) is 107 Å².